The lowest BCUT2D eigenvalue weighted by molar-refractivity contribution is 0.271. The highest BCUT2D eigenvalue weighted by Gasteiger charge is 2.20. The quantitative estimate of drug-likeness (QED) is 0.494. The molecule has 0 radical (unpaired) electrons. The van der Waals surface area contributed by atoms with E-state index >= 15 is 0 Å². The molecule has 1 aromatic carbocycles. The Morgan fingerprint density at radius 2 is 1.97 bits per heavy atom. The maximum atomic E-state index is 5.79. The molecule has 0 amide bonds. The van der Waals surface area contributed by atoms with Crippen LogP contribution in [0, 0.1) is 6.92 Å². The van der Waals surface area contributed by atoms with Crippen molar-refractivity contribution in [2.45, 2.75) is 59.6 Å². The molecule has 2 aromatic heterocycles. The molecular weight excluding hydrogens is 382 g/mol. The summed E-state index contributed by atoms with van der Waals surface area (Å²) in [5, 5.41) is 3.09. The summed E-state index contributed by atoms with van der Waals surface area (Å²) in [6, 6.07) is 8.56. The molecule has 1 saturated heterocycles. The maximum absolute atomic E-state index is 5.79. The number of aryl methyl sites for hydroxylation is 1. The SMILES string of the molecule is CC.Cc1nc(COc2ccc(-c3nc(CCN4CCC[C@H]4C)co3)cc2)cs1. The Morgan fingerprint density at radius 3 is 2.62 bits per heavy atom. The zero-order valence-corrected chi connectivity index (χ0v) is 18.7. The summed E-state index contributed by atoms with van der Waals surface area (Å²) in [5.41, 5.74) is 2.95. The molecule has 4 rings (SSSR count). The number of hydrogen-bond acceptors (Lipinski definition) is 6. The fraction of sp³-hybridized carbons (Fsp3) is 0.478. The van der Waals surface area contributed by atoms with E-state index in [4.69, 9.17) is 9.15 Å². The van der Waals surface area contributed by atoms with Crippen molar-refractivity contribution in [3.05, 3.63) is 52.3 Å². The molecule has 0 bridgehead atoms. The number of ether oxygens (including phenoxy) is 1. The monoisotopic (exact) mass is 413 g/mol. The highest BCUT2D eigenvalue weighted by molar-refractivity contribution is 7.09. The zero-order valence-electron chi connectivity index (χ0n) is 17.9. The normalized spacial score (nSPS) is 16.5. The Morgan fingerprint density at radius 1 is 1.17 bits per heavy atom. The minimum Gasteiger partial charge on any atom is -0.487 e. The Balaban J connectivity index is 0.00000117. The van der Waals surface area contributed by atoms with Crippen LogP contribution in [-0.2, 0) is 13.0 Å². The molecule has 0 saturated carbocycles. The lowest BCUT2D eigenvalue weighted by Crippen LogP contribution is -2.29. The molecule has 5 nitrogen and oxygen atoms in total. The van der Waals surface area contributed by atoms with Gasteiger partial charge in [0.2, 0.25) is 5.89 Å². The number of oxazole rings is 1. The van der Waals surface area contributed by atoms with Crippen LogP contribution in [-0.4, -0.2) is 34.0 Å². The Hall–Kier alpha value is -2.18. The van der Waals surface area contributed by atoms with Gasteiger partial charge in [0, 0.05) is 30.0 Å². The zero-order chi connectivity index (χ0) is 20.6. The number of likely N-dealkylation sites (tertiary alicyclic amines) is 1. The van der Waals surface area contributed by atoms with E-state index < -0.39 is 0 Å². The molecule has 1 aliphatic rings. The molecule has 29 heavy (non-hydrogen) atoms. The fourth-order valence-electron chi connectivity index (χ4n) is 3.46. The Labute approximate surface area is 177 Å². The van der Waals surface area contributed by atoms with Crippen LogP contribution in [0.3, 0.4) is 0 Å². The van der Waals surface area contributed by atoms with Crippen molar-refractivity contribution in [1.29, 1.82) is 0 Å². The van der Waals surface area contributed by atoms with Crippen LogP contribution in [0.4, 0.5) is 0 Å². The van der Waals surface area contributed by atoms with Gasteiger partial charge in [-0.3, -0.25) is 0 Å². The molecule has 156 valence electrons. The van der Waals surface area contributed by atoms with E-state index in [2.05, 4.69) is 21.8 Å². The van der Waals surface area contributed by atoms with E-state index in [-0.39, 0.29) is 0 Å². The van der Waals surface area contributed by atoms with Gasteiger partial charge < -0.3 is 14.1 Å². The first kappa shape index (κ1) is 21.5. The third-order valence-electron chi connectivity index (χ3n) is 5.05. The lowest BCUT2D eigenvalue weighted by Gasteiger charge is -2.19. The van der Waals surface area contributed by atoms with Crippen LogP contribution in [0.25, 0.3) is 11.5 Å². The summed E-state index contributed by atoms with van der Waals surface area (Å²) in [6.45, 7) is 11.0. The van der Waals surface area contributed by atoms with Crippen molar-refractivity contribution in [1.82, 2.24) is 14.9 Å². The minimum absolute atomic E-state index is 0.488. The summed E-state index contributed by atoms with van der Waals surface area (Å²) >= 11 is 1.64. The fourth-order valence-corrected chi connectivity index (χ4v) is 4.06. The average Bonchev–Trinajstić information content (AvgIpc) is 3.48. The molecule has 0 N–H and O–H groups in total. The van der Waals surface area contributed by atoms with Crippen LogP contribution in [0.1, 0.15) is 50.0 Å². The molecule has 6 heteroatoms. The van der Waals surface area contributed by atoms with Gasteiger partial charge in [-0.25, -0.2) is 9.97 Å². The van der Waals surface area contributed by atoms with E-state index in [1.807, 2.05) is 50.4 Å². The van der Waals surface area contributed by atoms with Gasteiger partial charge in [0.1, 0.15) is 18.6 Å². The molecule has 1 atom stereocenters. The minimum atomic E-state index is 0.488. The summed E-state index contributed by atoms with van der Waals surface area (Å²) in [5.74, 6) is 1.49. The van der Waals surface area contributed by atoms with E-state index in [9.17, 15) is 0 Å². The van der Waals surface area contributed by atoms with E-state index in [0.717, 1.165) is 40.7 Å². The van der Waals surface area contributed by atoms with Crippen molar-refractivity contribution < 1.29 is 9.15 Å². The molecule has 1 fully saturated rings. The van der Waals surface area contributed by atoms with Crippen LogP contribution >= 0.6 is 11.3 Å². The van der Waals surface area contributed by atoms with Crippen LogP contribution < -0.4 is 4.74 Å². The van der Waals surface area contributed by atoms with E-state index in [0.29, 0.717) is 18.5 Å². The third-order valence-corrected chi connectivity index (χ3v) is 5.87. The van der Waals surface area contributed by atoms with Gasteiger partial charge in [-0.2, -0.15) is 0 Å². The summed E-state index contributed by atoms with van der Waals surface area (Å²) in [6.07, 6.45) is 5.33. The first-order valence-corrected chi connectivity index (χ1v) is 11.4. The van der Waals surface area contributed by atoms with E-state index in [1.165, 1.54) is 19.4 Å². The number of rotatable bonds is 7. The predicted octanol–water partition coefficient (Wildman–Crippen LogP) is 5.74. The average molecular weight is 414 g/mol. The summed E-state index contributed by atoms with van der Waals surface area (Å²) < 4.78 is 11.5. The van der Waals surface area contributed by atoms with Gasteiger partial charge in [0.15, 0.2) is 0 Å². The van der Waals surface area contributed by atoms with Gasteiger partial charge in [-0.05, 0) is 57.5 Å². The standard InChI is InChI=1S/C21H25N3O2S.C2H6/c1-15-4-3-10-24(15)11-9-18-12-26-21(23-18)17-5-7-20(8-6-17)25-13-19-14-27-16(2)22-19;1-2/h5-8,12,14-15H,3-4,9-11,13H2,1-2H3;1-2H3/t15-;/m1./s1. The topological polar surface area (TPSA) is 51.4 Å². The Bertz CT molecular complexity index is 872. The van der Waals surface area contributed by atoms with Crippen molar-refractivity contribution in [2.24, 2.45) is 0 Å². The molecule has 3 heterocycles. The third kappa shape index (κ3) is 5.90. The second kappa shape index (κ2) is 10.6. The van der Waals surface area contributed by atoms with Crippen molar-refractivity contribution in [3.8, 4) is 17.2 Å². The van der Waals surface area contributed by atoms with Gasteiger partial charge >= 0.3 is 0 Å². The maximum Gasteiger partial charge on any atom is 0.226 e. The number of hydrogen-bond donors (Lipinski definition) is 0. The molecule has 0 unspecified atom stereocenters. The molecule has 0 spiro atoms. The summed E-state index contributed by atoms with van der Waals surface area (Å²) in [4.78, 5) is 11.6. The number of aromatic nitrogens is 2. The molecular formula is C23H31N3O2S. The predicted molar refractivity (Wildman–Crippen MR) is 118 cm³/mol. The van der Waals surface area contributed by atoms with Crippen LogP contribution in [0.5, 0.6) is 5.75 Å². The highest BCUT2D eigenvalue weighted by atomic mass is 32.1. The first-order valence-electron chi connectivity index (χ1n) is 10.5. The number of benzene rings is 1. The number of thiazole rings is 1. The molecule has 1 aliphatic heterocycles. The van der Waals surface area contributed by atoms with Gasteiger partial charge in [0.25, 0.3) is 0 Å². The molecule has 3 aromatic rings. The largest absolute Gasteiger partial charge is 0.487 e. The van der Waals surface area contributed by atoms with Crippen molar-refractivity contribution in [2.75, 3.05) is 13.1 Å². The van der Waals surface area contributed by atoms with Crippen molar-refractivity contribution in [3.63, 3.8) is 0 Å². The van der Waals surface area contributed by atoms with Gasteiger partial charge in [-0.15, -0.1) is 11.3 Å². The van der Waals surface area contributed by atoms with E-state index in [1.54, 1.807) is 17.6 Å². The van der Waals surface area contributed by atoms with Crippen LogP contribution in [0.2, 0.25) is 0 Å². The van der Waals surface area contributed by atoms with Crippen molar-refractivity contribution >= 4 is 11.3 Å². The smallest absolute Gasteiger partial charge is 0.226 e. The molecule has 0 aliphatic carbocycles. The van der Waals surface area contributed by atoms with Gasteiger partial charge in [-0.1, -0.05) is 13.8 Å². The van der Waals surface area contributed by atoms with Gasteiger partial charge in [0.05, 0.1) is 16.4 Å². The lowest BCUT2D eigenvalue weighted by atomic mass is 10.2. The number of nitrogens with zero attached hydrogens (tertiary/aromatic N) is 3. The first-order chi connectivity index (χ1) is 14.2. The second-order valence-corrected chi connectivity index (χ2v) is 8.15. The second-order valence-electron chi connectivity index (χ2n) is 7.09. The highest BCUT2D eigenvalue weighted by Crippen LogP contribution is 2.23. The Kier molecular flexibility index (Phi) is 7.83. The summed E-state index contributed by atoms with van der Waals surface area (Å²) in [7, 11) is 0. The van der Waals surface area contributed by atoms with Crippen LogP contribution in [0.15, 0.2) is 40.3 Å².